The molecule has 1 aromatic rings. The zero-order valence-electron chi connectivity index (χ0n) is 13.1. The largest absolute Gasteiger partial charge is 0.456 e. The van der Waals surface area contributed by atoms with Crippen molar-refractivity contribution >= 4 is 29.1 Å². The van der Waals surface area contributed by atoms with Crippen molar-refractivity contribution in [2.24, 2.45) is 0 Å². The Morgan fingerprint density at radius 2 is 2.05 bits per heavy atom. The number of rotatable bonds is 8. The summed E-state index contributed by atoms with van der Waals surface area (Å²) in [6.45, 7) is 5.63. The molecule has 0 aliphatic carbocycles. The molecule has 6 nitrogen and oxygen atoms in total. The predicted molar refractivity (Wildman–Crippen MR) is 84.7 cm³/mol. The van der Waals surface area contributed by atoms with E-state index in [1.807, 2.05) is 20.8 Å². The number of nitrogens with one attached hydrogen (secondary N) is 2. The molecule has 1 heterocycles. The van der Waals surface area contributed by atoms with Gasteiger partial charge in [-0.05, 0) is 31.7 Å². The Labute approximate surface area is 134 Å². The van der Waals surface area contributed by atoms with Crippen LogP contribution < -0.4 is 10.6 Å². The van der Waals surface area contributed by atoms with Gasteiger partial charge in [0.15, 0.2) is 6.61 Å². The minimum Gasteiger partial charge on any atom is -0.456 e. The SMILES string of the molecule is CCC(C)(C)NC(=O)COC(=O)CCNC(=O)c1cccs1. The molecule has 0 fully saturated rings. The third-order valence-electron chi connectivity index (χ3n) is 3.09. The number of carbonyl (C=O) groups excluding carboxylic acids is 3. The fourth-order valence-electron chi connectivity index (χ4n) is 1.49. The van der Waals surface area contributed by atoms with Gasteiger partial charge in [0, 0.05) is 12.1 Å². The van der Waals surface area contributed by atoms with Crippen LogP contribution in [0.4, 0.5) is 0 Å². The first-order chi connectivity index (χ1) is 10.3. The Morgan fingerprint density at radius 1 is 1.32 bits per heavy atom. The molecule has 0 saturated carbocycles. The van der Waals surface area contributed by atoms with Gasteiger partial charge in [-0.1, -0.05) is 13.0 Å². The van der Waals surface area contributed by atoms with Crippen molar-refractivity contribution in [3.63, 3.8) is 0 Å². The van der Waals surface area contributed by atoms with Gasteiger partial charge in [0.05, 0.1) is 11.3 Å². The number of carbonyl (C=O) groups is 3. The number of hydrogen-bond donors (Lipinski definition) is 2. The standard InChI is InChI=1S/C15H22N2O4S/c1-4-15(2,3)17-12(18)10-21-13(19)7-8-16-14(20)11-6-5-9-22-11/h5-6,9H,4,7-8,10H2,1-3H3,(H,16,20)(H,17,18). The molecule has 1 rings (SSSR count). The predicted octanol–water partition coefficient (Wildman–Crippen LogP) is 1.72. The van der Waals surface area contributed by atoms with Gasteiger partial charge in [-0.15, -0.1) is 11.3 Å². The molecule has 0 spiro atoms. The van der Waals surface area contributed by atoms with E-state index in [1.165, 1.54) is 11.3 Å². The average Bonchev–Trinajstić information content (AvgIpc) is 2.99. The zero-order valence-corrected chi connectivity index (χ0v) is 13.9. The van der Waals surface area contributed by atoms with E-state index in [0.29, 0.717) is 4.88 Å². The molecule has 0 unspecified atom stereocenters. The van der Waals surface area contributed by atoms with Crippen LogP contribution in [0.15, 0.2) is 17.5 Å². The first-order valence-corrected chi connectivity index (χ1v) is 8.00. The van der Waals surface area contributed by atoms with E-state index < -0.39 is 5.97 Å². The summed E-state index contributed by atoms with van der Waals surface area (Å²) in [4.78, 5) is 35.3. The topological polar surface area (TPSA) is 84.5 Å². The molecule has 0 aliphatic heterocycles. The highest BCUT2D eigenvalue weighted by atomic mass is 32.1. The molecule has 7 heteroatoms. The van der Waals surface area contributed by atoms with Gasteiger partial charge in [-0.3, -0.25) is 14.4 Å². The molecular formula is C15H22N2O4S. The Bertz CT molecular complexity index is 512. The molecule has 0 radical (unpaired) electrons. The fourth-order valence-corrected chi connectivity index (χ4v) is 2.13. The van der Waals surface area contributed by atoms with Gasteiger partial charge in [0.2, 0.25) is 0 Å². The van der Waals surface area contributed by atoms with Crippen molar-refractivity contribution < 1.29 is 19.1 Å². The second-order valence-corrected chi connectivity index (χ2v) is 6.38. The number of ether oxygens (including phenoxy) is 1. The van der Waals surface area contributed by atoms with Crippen molar-refractivity contribution in [2.75, 3.05) is 13.2 Å². The van der Waals surface area contributed by atoms with Crippen LogP contribution in [0.1, 0.15) is 43.3 Å². The summed E-state index contributed by atoms with van der Waals surface area (Å²) >= 11 is 1.33. The number of amides is 2. The second kappa shape index (κ2) is 8.53. The normalized spacial score (nSPS) is 10.9. The van der Waals surface area contributed by atoms with Gasteiger partial charge in [0.1, 0.15) is 0 Å². The molecule has 1 aromatic heterocycles. The lowest BCUT2D eigenvalue weighted by Crippen LogP contribution is -2.44. The molecule has 0 atom stereocenters. The number of hydrogen-bond acceptors (Lipinski definition) is 5. The van der Waals surface area contributed by atoms with E-state index in [9.17, 15) is 14.4 Å². The lowest BCUT2D eigenvalue weighted by atomic mass is 10.0. The molecule has 2 N–H and O–H groups in total. The van der Waals surface area contributed by atoms with E-state index in [0.717, 1.165) is 6.42 Å². The first kappa shape index (κ1) is 18.2. The monoisotopic (exact) mass is 326 g/mol. The molecule has 2 amide bonds. The molecule has 0 saturated heterocycles. The Kier molecular flexibility index (Phi) is 7.04. The smallest absolute Gasteiger partial charge is 0.308 e. The van der Waals surface area contributed by atoms with Crippen LogP contribution in [0.5, 0.6) is 0 Å². The summed E-state index contributed by atoms with van der Waals surface area (Å²) in [5, 5.41) is 7.20. The van der Waals surface area contributed by atoms with Gasteiger partial charge >= 0.3 is 5.97 Å². The van der Waals surface area contributed by atoms with Crippen molar-refractivity contribution in [1.82, 2.24) is 10.6 Å². The molecule has 22 heavy (non-hydrogen) atoms. The quantitative estimate of drug-likeness (QED) is 0.712. The minimum absolute atomic E-state index is 0.0293. The maximum absolute atomic E-state index is 11.6. The second-order valence-electron chi connectivity index (χ2n) is 5.43. The Balaban J connectivity index is 2.18. The fraction of sp³-hybridized carbons (Fsp3) is 0.533. The van der Waals surface area contributed by atoms with Crippen LogP contribution in [0.25, 0.3) is 0 Å². The maximum Gasteiger partial charge on any atom is 0.308 e. The van der Waals surface area contributed by atoms with Crippen LogP contribution >= 0.6 is 11.3 Å². The average molecular weight is 326 g/mol. The van der Waals surface area contributed by atoms with Gasteiger partial charge in [-0.25, -0.2) is 0 Å². The third kappa shape index (κ3) is 6.71. The van der Waals surface area contributed by atoms with Crippen LogP contribution in [-0.4, -0.2) is 36.5 Å². The van der Waals surface area contributed by atoms with Gasteiger partial charge in [-0.2, -0.15) is 0 Å². The Hall–Kier alpha value is -1.89. The molecular weight excluding hydrogens is 304 g/mol. The highest BCUT2D eigenvalue weighted by Crippen LogP contribution is 2.08. The molecule has 0 bridgehead atoms. The first-order valence-electron chi connectivity index (χ1n) is 7.12. The molecule has 122 valence electrons. The van der Waals surface area contributed by atoms with Crippen molar-refractivity contribution in [3.8, 4) is 0 Å². The molecule has 0 aliphatic rings. The van der Waals surface area contributed by atoms with Crippen molar-refractivity contribution in [3.05, 3.63) is 22.4 Å². The van der Waals surface area contributed by atoms with E-state index in [1.54, 1.807) is 17.5 Å². The summed E-state index contributed by atoms with van der Waals surface area (Å²) in [6.07, 6.45) is 0.809. The zero-order chi connectivity index (χ0) is 16.6. The number of esters is 1. The van der Waals surface area contributed by atoms with Gasteiger partial charge in [0.25, 0.3) is 11.8 Å². The minimum atomic E-state index is -0.518. The summed E-state index contributed by atoms with van der Waals surface area (Å²) in [5.41, 5.74) is -0.321. The van der Waals surface area contributed by atoms with Gasteiger partial charge < -0.3 is 15.4 Å². The van der Waals surface area contributed by atoms with E-state index >= 15 is 0 Å². The third-order valence-corrected chi connectivity index (χ3v) is 3.95. The van der Waals surface area contributed by atoms with Crippen LogP contribution in [-0.2, 0) is 14.3 Å². The number of thiophene rings is 1. The lowest BCUT2D eigenvalue weighted by Gasteiger charge is -2.24. The summed E-state index contributed by atoms with van der Waals surface area (Å²) in [5.74, 6) is -1.07. The molecule has 0 aromatic carbocycles. The lowest BCUT2D eigenvalue weighted by molar-refractivity contribution is -0.148. The van der Waals surface area contributed by atoms with Crippen molar-refractivity contribution in [2.45, 2.75) is 39.2 Å². The van der Waals surface area contributed by atoms with E-state index in [-0.39, 0.29) is 36.9 Å². The summed E-state index contributed by atoms with van der Waals surface area (Å²) < 4.78 is 4.87. The highest BCUT2D eigenvalue weighted by molar-refractivity contribution is 7.12. The summed E-state index contributed by atoms with van der Waals surface area (Å²) in [7, 11) is 0. The van der Waals surface area contributed by atoms with Crippen LogP contribution in [0, 0.1) is 0 Å². The maximum atomic E-state index is 11.6. The highest BCUT2D eigenvalue weighted by Gasteiger charge is 2.18. The van der Waals surface area contributed by atoms with Crippen LogP contribution in [0.2, 0.25) is 0 Å². The van der Waals surface area contributed by atoms with Crippen molar-refractivity contribution in [1.29, 1.82) is 0 Å². The Morgan fingerprint density at radius 3 is 2.64 bits per heavy atom. The van der Waals surface area contributed by atoms with Crippen LogP contribution in [0.3, 0.4) is 0 Å². The van der Waals surface area contributed by atoms with E-state index in [4.69, 9.17) is 4.74 Å². The van der Waals surface area contributed by atoms with E-state index in [2.05, 4.69) is 10.6 Å². The summed E-state index contributed by atoms with van der Waals surface area (Å²) in [6, 6.07) is 3.49.